The van der Waals surface area contributed by atoms with Crippen LogP contribution in [0.25, 0.3) is 0 Å². The van der Waals surface area contributed by atoms with Crippen molar-refractivity contribution < 1.29 is 59.4 Å². The molecule has 0 radical (unpaired) electrons. The van der Waals surface area contributed by atoms with Crippen LogP contribution in [-0.4, -0.2) is 45.4 Å². The fourth-order valence-electron chi connectivity index (χ4n) is 2.18. The van der Waals surface area contributed by atoms with Crippen molar-refractivity contribution in [1.29, 1.82) is 0 Å². The Bertz CT molecular complexity index is 813. The van der Waals surface area contributed by atoms with Crippen molar-refractivity contribution in [1.82, 2.24) is 0 Å². The normalized spacial score (nSPS) is 25.2. The van der Waals surface area contributed by atoms with E-state index in [0.717, 1.165) is 12.1 Å². The van der Waals surface area contributed by atoms with Gasteiger partial charge in [-0.1, -0.05) is 18.2 Å². The molecule has 2 rings (SSSR count). The van der Waals surface area contributed by atoms with Crippen LogP contribution < -0.4 is 29.6 Å². The molecule has 1 aliphatic rings. The largest absolute Gasteiger partial charge is 1.00 e. The molecular weight excluding hydrogens is 351 g/mol. The first-order chi connectivity index (χ1) is 9.07. The molecule has 21 heavy (non-hydrogen) atoms. The third-order valence-electron chi connectivity index (χ3n) is 3.09. The standard InChI is InChI=1S/C10H12O7S3.Na/c11-18(12)7-6-9(20(15,16)17)10(18)19(13,14)8-4-2-1-3-5-8;/h1-5,9-10H,6-7H2,(H,15,16,17);/q;+1/p-1. The SMILES string of the molecule is O=S(=O)([O-])C1CCS(=O)(=O)C1S(=O)(=O)c1ccccc1.[Na+]. The summed E-state index contributed by atoms with van der Waals surface area (Å²) in [4.78, 5) is -0.316. The second kappa shape index (κ2) is 6.26. The average molecular weight is 362 g/mol. The summed E-state index contributed by atoms with van der Waals surface area (Å²) >= 11 is 0. The molecule has 11 heteroatoms. The summed E-state index contributed by atoms with van der Waals surface area (Å²) in [7, 11) is -13.7. The molecule has 1 fully saturated rings. The summed E-state index contributed by atoms with van der Waals surface area (Å²) in [6.45, 7) is 0. The summed E-state index contributed by atoms with van der Waals surface area (Å²) in [5.41, 5.74) is 0. The zero-order chi connectivity index (χ0) is 15.2. The van der Waals surface area contributed by atoms with Crippen LogP contribution in [0.15, 0.2) is 35.2 Å². The first-order valence-electron chi connectivity index (χ1n) is 5.52. The fourth-order valence-corrected chi connectivity index (χ4v) is 9.69. The number of hydrogen-bond acceptors (Lipinski definition) is 7. The fraction of sp³-hybridized carbons (Fsp3) is 0.400. The van der Waals surface area contributed by atoms with E-state index in [0.29, 0.717) is 0 Å². The molecule has 0 N–H and O–H groups in total. The number of hydrogen-bond donors (Lipinski definition) is 0. The first kappa shape index (κ1) is 19.1. The van der Waals surface area contributed by atoms with Crippen LogP contribution in [0.2, 0.25) is 0 Å². The van der Waals surface area contributed by atoms with Crippen LogP contribution in [0, 0.1) is 0 Å². The predicted molar refractivity (Wildman–Crippen MR) is 69.3 cm³/mol. The van der Waals surface area contributed by atoms with Gasteiger partial charge in [0.15, 0.2) is 24.3 Å². The van der Waals surface area contributed by atoms with Crippen LogP contribution in [-0.2, 0) is 29.8 Å². The van der Waals surface area contributed by atoms with Crippen molar-refractivity contribution in [2.45, 2.75) is 21.1 Å². The van der Waals surface area contributed by atoms with Gasteiger partial charge in [-0.15, -0.1) is 0 Å². The molecule has 1 aromatic rings. The van der Waals surface area contributed by atoms with Gasteiger partial charge in [0.1, 0.15) is 0 Å². The molecule has 112 valence electrons. The smallest absolute Gasteiger partial charge is 0.748 e. The maximum Gasteiger partial charge on any atom is 1.00 e. The monoisotopic (exact) mass is 362 g/mol. The van der Waals surface area contributed by atoms with Gasteiger partial charge < -0.3 is 4.55 Å². The van der Waals surface area contributed by atoms with E-state index < -0.39 is 51.8 Å². The summed E-state index contributed by atoms with van der Waals surface area (Å²) in [5.74, 6) is -0.629. The third-order valence-corrected chi connectivity index (χ3v) is 10.0. The van der Waals surface area contributed by atoms with E-state index in [1.165, 1.54) is 18.2 Å². The molecule has 0 bridgehead atoms. The van der Waals surface area contributed by atoms with Crippen LogP contribution >= 0.6 is 0 Å². The Hall–Kier alpha value is 0.0300. The molecule has 2 unspecified atom stereocenters. The first-order valence-corrected chi connectivity index (χ1v) is 10.3. The molecular formula is C10H11NaO7S3. The van der Waals surface area contributed by atoms with Crippen molar-refractivity contribution in [3.05, 3.63) is 30.3 Å². The van der Waals surface area contributed by atoms with Gasteiger partial charge in [-0.25, -0.2) is 25.3 Å². The van der Waals surface area contributed by atoms with E-state index in [9.17, 15) is 29.8 Å². The average Bonchev–Trinajstić information content (AvgIpc) is 2.66. The molecule has 2 atom stereocenters. The molecule has 0 aliphatic carbocycles. The van der Waals surface area contributed by atoms with Crippen LogP contribution in [0.4, 0.5) is 0 Å². The van der Waals surface area contributed by atoms with Crippen LogP contribution in [0.3, 0.4) is 0 Å². The minimum Gasteiger partial charge on any atom is -0.748 e. The van der Waals surface area contributed by atoms with Crippen molar-refractivity contribution >= 4 is 29.8 Å². The van der Waals surface area contributed by atoms with Crippen molar-refractivity contribution in [2.75, 3.05) is 5.75 Å². The van der Waals surface area contributed by atoms with Gasteiger partial charge in [-0.05, 0) is 18.6 Å². The van der Waals surface area contributed by atoms with Gasteiger partial charge in [0.25, 0.3) is 0 Å². The van der Waals surface area contributed by atoms with Gasteiger partial charge in [0.05, 0.1) is 26.0 Å². The van der Waals surface area contributed by atoms with Gasteiger partial charge in [0, 0.05) is 0 Å². The quantitative estimate of drug-likeness (QED) is 0.404. The third kappa shape index (κ3) is 3.69. The minimum atomic E-state index is -5.02. The molecule has 1 saturated heterocycles. The van der Waals surface area contributed by atoms with Gasteiger partial charge >= 0.3 is 29.6 Å². The van der Waals surface area contributed by atoms with E-state index in [4.69, 9.17) is 0 Å². The van der Waals surface area contributed by atoms with E-state index in [1.54, 1.807) is 0 Å². The number of benzene rings is 1. The summed E-state index contributed by atoms with van der Waals surface area (Å²) in [5, 5.41) is -1.96. The molecule has 7 nitrogen and oxygen atoms in total. The second-order valence-corrected chi connectivity index (χ2v) is 10.6. The number of rotatable bonds is 3. The summed E-state index contributed by atoms with van der Waals surface area (Å²) in [6.07, 6.45) is -0.495. The molecule has 0 spiro atoms. The Labute approximate surface area is 145 Å². The van der Waals surface area contributed by atoms with Gasteiger partial charge in [0.2, 0.25) is 0 Å². The second-order valence-electron chi connectivity index (χ2n) is 4.41. The maximum absolute atomic E-state index is 12.3. The van der Waals surface area contributed by atoms with Crippen molar-refractivity contribution in [3.63, 3.8) is 0 Å². The van der Waals surface area contributed by atoms with Gasteiger partial charge in [-0.3, -0.25) is 0 Å². The topological polar surface area (TPSA) is 125 Å². The predicted octanol–water partition coefficient (Wildman–Crippen LogP) is -3.48. The molecule has 1 aromatic carbocycles. The molecule has 0 saturated carbocycles. The summed E-state index contributed by atoms with van der Waals surface area (Å²) in [6, 6.07) is 6.63. The van der Waals surface area contributed by atoms with E-state index in [2.05, 4.69) is 0 Å². The zero-order valence-corrected chi connectivity index (χ0v) is 15.5. The van der Waals surface area contributed by atoms with E-state index in [1.807, 2.05) is 0 Å². The van der Waals surface area contributed by atoms with Crippen molar-refractivity contribution in [3.8, 4) is 0 Å². The Morgan fingerprint density at radius 2 is 1.57 bits per heavy atom. The maximum atomic E-state index is 12.3. The Kier molecular flexibility index (Phi) is 5.69. The van der Waals surface area contributed by atoms with E-state index in [-0.39, 0.29) is 34.5 Å². The zero-order valence-electron chi connectivity index (χ0n) is 11.0. The molecule has 1 heterocycles. The Morgan fingerprint density at radius 3 is 2.05 bits per heavy atom. The molecule has 0 amide bonds. The van der Waals surface area contributed by atoms with Crippen LogP contribution in [0.5, 0.6) is 0 Å². The summed E-state index contributed by atoms with van der Waals surface area (Å²) < 4.78 is 79.5. The van der Waals surface area contributed by atoms with Crippen molar-refractivity contribution in [2.24, 2.45) is 0 Å². The molecule has 0 aromatic heterocycles. The number of sulfone groups is 2. The molecule has 1 aliphatic heterocycles. The van der Waals surface area contributed by atoms with Gasteiger partial charge in [-0.2, -0.15) is 0 Å². The van der Waals surface area contributed by atoms with Crippen LogP contribution in [0.1, 0.15) is 6.42 Å². The minimum absolute atomic E-state index is 0. The Balaban J connectivity index is 0.00000220. The Morgan fingerprint density at radius 1 is 1.05 bits per heavy atom. The van der Waals surface area contributed by atoms with E-state index >= 15 is 0 Å².